The molecule has 1 unspecified atom stereocenters. The first-order chi connectivity index (χ1) is 13.3. The number of sulfonamides is 1. The smallest absolute Gasteiger partial charge is 0.254 e. The maximum absolute atomic E-state index is 13.4. The highest BCUT2D eigenvalue weighted by atomic mass is 32.2. The lowest BCUT2D eigenvalue weighted by atomic mass is 10.00. The van der Waals surface area contributed by atoms with Gasteiger partial charge < -0.3 is 9.80 Å². The second-order valence-corrected chi connectivity index (χ2v) is 8.93. The van der Waals surface area contributed by atoms with E-state index in [4.69, 9.17) is 0 Å². The lowest BCUT2D eigenvalue weighted by Crippen LogP contribution is -2.49. The van der Waals surface area contributed by atoms with Crippen molar-refractivity contribution >= 4 is 15.9 Å². The van der Waals surface area contributed by atoms with Crippen molar-refractivity contribution in [3.63, 3.8) is 0 Å². The second kappa shape index (κ2) is 8.43. The minimum atomic E-state index is -3.62. The highest BCUT2D eigenvalue weighted by Gasteiger charge is 2.32. The number of piperazine rings is 1. The minimum Gasteiger partial charge on any atom is -0.329 e. The number of hydrogen-bond donors (Lipinski definition) is 1. The van der Waals surface area contributed by atoms with Gasteiger partial charge in [0, 0.05) is 31.7 Å². The number of carbonyl (C=O) groups is 1. The van der Waals surface area contributed by atoms with E-state index in [0.29, 0.717) is 18.7 Å². The standard InChI is InChI=1S/C21H27N3O3S/c1-4-22-28(26,27)18-11-10-16(2)19(14-18)21(25)24-13-12-23(3)15-20(24)17-8-6-5-7-9-17/h5-11,14,20,22H,4,12-13,15H2,1-3H3. The molecule has 1 fully saturated rings. The number of nitrogens with zero attached hydrogens (tertiary/aromatic N) is 2. The van der Waals surface area contributed by atoms with Crippen LogP contribution in [0.4, 0.5) is 0 Å². The Bertz CT molecular complexity index is 945. The fourth-order valence-corrected chi connectivity index (χ4v) is 4.62. The first-order valence-corrected chi connectivity index (χ1v) is 11.0. The highest BCUT2D eigenvalue weighted by molar-refractivity contribution is 7.89. The molecular formula is C21H27N3O3S. The molecule has 1 aliphatic heterocycles. The van der Waals surface area contributed by atoms with Crippen LogP contribution in [0.5, 0.6) is 0 Å². The van der Waals surface area contributed by atoms with Crippen LogP contribution in [0.25, 0.3) is 0 Å². The van der Waals surface area contributed by atoms with E-state index in [-0.39, 0.29) is 16.8 Å². The summed E-state index contributed by atoms with van der Waals surface area (Å²) in [6.07, 6.45) is 0. The van der Waals surface area contributed by atoms with Crippen molar-refractivity contribution in [3.05, 3.63) is 65.2 Å². The van der Waals surface area contributed by atoms with Gasteiger partial charge in [-0.3, -0.25) is 4.79 Å². The molecule has 1 aliphatic rings. The monoisotopic (exact) mass is 401 g/mol. The Balaban J connectivity index is 1.98. The molecule has 0 aromatic heterocycles. The van der Waals surface area contributed by atoms with Crippen molar-refractivity contribution in [1.29, 1.82) is 0 Å². The summed E-state index contributed by atoms with van der Waals surface area (Å²) in [4.78, 5) is 17.6. The molecule has 1 atom stereocenters. The van der Waals surface area contributed by atoms with Crippen LogP contribution in [0, 0.1) is 6.92 Å². The van der Waals surface area contributed by atoms with Crippen LogP contribution in [0.3, 0.4) is 0 Å². The highest BCUT2D eigenvalue weighted by Crippen LogP contribution is 2.28. The molecule has 1 amide bonds. The van der Waals surface area contributed by atoms with Gasteiger partial charge in [-0.25, -0.2) is 13.1 Å². The fraction of sp³-hybridized carbons (Fsp3) is 0.381. The number of carbonyl (C=O) groups excluding carboxylic acids is 1. The van der Waals surface area contributed by atoms with E-state index < -0.39 is 10.0 Å². The predicted molar refractivity (Wildman–Crippen MR) is 110 cm³/mol. The molecule has 2 aromatic carbocycles. The summed E-state index contributed by atoms with van der Waals surface area (Å²) in [6, 6.07) is 14.6. The van der Waals surface area contributed by atoms with Crippen molar-refractivity contribution in [1.82, 2.24) is 14.5 Å². The normalized spacial score (nSPS) is 18.2. The van der Waals surface area contributed by atoms with Crippen molar-refractivity contribution < 1.29 is 13.2 Å². The van der Waals surface area contributed by atoms with Crippen molar-refractivity contribution in [2.45, 2.75) is 24.8 Å². The van der Waals surface area contributed by atoms with Crippen LogP contribution < -0.4 is 4.72 Å². The van der Waals surface area contributed by atoms with Gasteiger partial charge in [0.2, 0.25) is 10.0 Å². The molecule has 150 valence electrons. The van der Waals surface area contributed by atoms with E-state index in [0.717, 1.165) is 24.2 Å². The van der Waals surface area contributed by atoms with Crippen LogP contribution in [-0.4, -0.2) is 57.4 Å². The molecular weight excluding hydrogens is 374 g/mol. The summed E-state index contributed by atoms with van der Waals surface area (Å²) in [6.45, 7) is 5.98. The third-order valence-electron chi connectivity index (χ3n) is 5.11. The van der Waals surface area contributed by atoms with Crippen molar-refractivity contribution in [3.8, 4) is 0 Å². The summed E-state index contributed by atoms with van der Waals surface area (Å²) >= 11 is 0. The maximum Gasteiger partial charge on any atom is 0.254 e. The number of benzene rings is 2. The molecule has 0 saturated carbocycles. The number of amides is 1. The summed E-state index contributed by atoms with van der Waals surface area (Å²) in [7, 11) is -1.57. The minimum absolute atomic E-state index is 0.0686. The van der Waals surface area contributed by atoms with Crippen LogP contribution in [0.1, 0.15) is 34.5 Å². The quantitative estimate of drug-likeness (QED) is 0.835. The summed E-state index contributed by atoms with van der Waals surface area (Å²) in [5.41, 5.74) is 2.28. The predicted octanol–water partition coefficient (Wildman–Crippen LogP) is 2.42. The lowest BCUT2D eigenvalue weighted by molar-refractivity contribution is 0.0497. The Morgan fingerprint density at radius 1 is 1.14 bits per heavy atom. The van der Waals surface area contributed by atoms with Crippen LogP contribution in [0.2, 0.25) is 0 Å². The van der Waals surface area contributed by atoms with E-state index >= 15 is 0 Å². The number of rotatable bonds is 5. The zero-order valence-electron chi connectivity index (χ0n) is 16.6. The molecule has 0 aliphatic carbocycles. The number of likely N-dealkylation sites (N-methyl/N-ethyl adjacent to an activating group) is 1. The van der Waals surface area contributed by atoms with Crippen molar-refractivity contribution in [2.24, 2.45) is 0 Å². The number of hydrogen-bond acceptors (Lipinski definition) is 4. The Morgan fingerprint density at radius 3 is 2.54 bits per heavy atom. The van der Waals surface area contributed by atoms with Gasteiger partial charge in [-0.2, -0.15) is 0 Å². The molecule has 0 bridgehead atoms. The Labute approximate surface area is 167 Å². The van der Waals surface area contributed by atoms with Gasteiger partial charge >= 0.3 is 0 Å². The topological polar surface area (TPSA) is 69.7 Å². The van der Waals surface area contributed by atoms with Gasteiger partial charge in [0.05, 0.1) is 10.9 Å². The van der Waals surface area contributed by atoms with E-state index in [9.17, 15) is 13.2 Å². The van der Waals surface area contributed by atoms with E-state index in [1.54, 1.807) is 19.1 Å². The Hall–Kier alpha value is -2.22. The molecule has 2 aromatic rings. The molecule has 1 heterocycles. The average molecular weight is 402 g/mol. The van der Waals surface area contributed by atoms with Gasteiger partial charge in [0.15, 0.2) is 0 Å². The SMILES string of the molecule is CCNS(=O)(=O)c1ccc(C)c(C(=O)N2CCN(C)CC2c2ccccc2)c1. The molecule has 6 nitrogen and oxygen atoms in total. The van der Waals surface area contributed by atoms with Gasteiger partial charge in [-0.1, -0.05) is 43.3 Å². The first-order valence-electron chi connectivity index (χ1n) is 9.48. The second-order valence-electron chi connectivity index (χ2n) is 7.17. The molecule has 1 saturated heterocycles. The summed E-state index contributed by atoms with van der Waals surface area (Å²) in [5.74, 6) is -0.131. The van der Waals surface area contributed by atoms with Crippen LogP contribution in [-0.2, 0) is 10.0 Å². The maximum atomic E-state index is 13.4. The number of nitrogens with one attached hydrogen (secondary N) is 1. The third-order valence-corrected chi connectivity index (χ3v) is 6.66. The molecule has 28 heavy (non-hydrogen) atoms. The average Bonchev–Trinajstić information content (AvgIpc) is 2.68. The largest absolute Gasteiger partial charge is 0.329 e. The Kier molecular flexibility index (Phi) is 6.17. The van der Waals surface area contributed by atoms with Gasteiger partial charge in [-0.05, 0) is 37.2 Å². The third kappa shape index (κ3) is 4.27. The van der Waals surface area contributed by atoms with E-state index in [2.05, 4.69) is 9.62 Å². The summed E-state index contributed by atoms with van der Waals surface area (Å²) < 4.78 is 27.2. The summed E-state index contributed by atoms with van der Waals surface area (Å²) in [5, 5.41) is 0. The van der Waals surface area contributed by atoms with E-state index in [1.807, 2.05) is 49.2 Å². The lowest BCUT2D eigenvalue weighted by Gasteiger charge is -2.40. The molecule has 3 rings (SSSR count). The van der Waals surface area contributed by atoms with Crippen LogP contribution in [0.15, 0.2) is 53.4 Å². The zero-order chi connectivity index (χ0) is 20.3. The molecule has 1 N–H and O–H groups in total. The number of aryl methyl sites for hydroxylation is 1. The Morgan fingerprint density at radius 2 is 1.86 bits per heavy atom. The molecule has 0 radical (unpaired) electrons. The fourth-order valence-electron chi connectivity index (χ4n) is 3.55. The molecule has 0 spiro atoms. The van der Waals surface area contributed by atoms with Gasteiger partial charge in [0.1, 0.15) is 0 Å². The first kappa shape index (κ1) is 20.5. The molecule has 7 heteroatoms. The van der Waals surface area contributed by atoms with Crippen LogP contribution >= 0.6 is 0 Å². The zero-order valence-corrected chi connectivity index (χ0v) is 17.4. The van der Waals surface area contributed by atoms with Gasteiger partial charge in [0.25, 0.3) is 5.91 Å². The van der Waals surface area contributed by atoms with Gasteiger partial charge in [-0.15, -0.1) is 0 Å². The van der Waals surface area contributed by atoms with E-state index in [1.165, 1.54) is 6.07 Å². The van der Waals surface area contributed by atoms with Crippen molar-refractivity contribution in [2.75, 3.05) is 33.2 Å².